The molecule has 20 heavy (non-hydrogen) atoms. The van der Waals surface area contributed by atoms with Gasteiger partial charge in [-0.3, -0.25) is 9.69 Å². The van der Waals surface area contributed by atoms with Crippen molar-refractivity contribution in [3.05, 3.63) is 28.2 Å². The zero-order valence-corrected chi connectivity index (χ0v) is 13.1. The number of halogens is 1. The first-order valence-corrected chi connectivity index (χ1v) is 7.85. The van der Waals surface area contributed by atoms with Crippen LogP contribution in [0.25, 0.3) is 0 Å². The van der Waals surface area contributed by atoms with Crippen molar-refractivity contribution < 1.29 is 9.53 Å². The normalized spacial score (nSPS) is 22.8. The van der Waals surface area contributed by atoms with Gasteiger partial charge in [0.2, 0.25) is 0 Å². The van der Waals surface area contributed by atoms with Crippen LogP contribution >= 0.6 is 15.9 Å². The summed E-state index contributed by atoms with van der Waals surface area (Å²) in [5.74, 6) is 0.735. The van der Waals surface area contributed by atoms with Crippen molar-refractivity contribution in [3.63, 3.8) is 0 Å². The van der Waals surface area contributed by atoms with Gasteiger partial charge < -0.3 is 10.1 Å². The van der Waals surface area contributed by atoms with Crippen LogP contribution in [0.2, 0.25) is 0 Å². The highest BCUT2D eigenvalue weighted by Crippen LogP contribution is 2.30. The van der Waals surface area contributed by atoms with E-state index in [0.29, 0.717) is 5.56 Å². The van der Waals surface area contributed by atoms with E-state index in [-0.39, 0.29) is 11.9 Å². The maximum Gasteiger partial charge on any atom is 0.251 e. The summed E-state index contributed by atoms with van der Waals surface area (Å²) in [4.78, 5) is 14.7. The maximum absolute atomic E-state index is 12.3. The molecule has 4 nitrogen and oxygen atoms in total. The summed E-state index contributed by atoms with van der Waals surface area (Å²) in [6, 6.07) is 6.48. The number of nitrogens with one attached hydrogen (secondary N) is 1. The molecular weight excluding hydrogens is 320 g/mol. The largest absolute Gasteiger partial charge is 0.496 e. The monoisotopic (exact) mass is 338 g/mol. The number of carbonyl (C=O) groups is 1. The molecule has 5 heteroatoms. The van der Waals surface area contributed by atoms with Gasteiger partial charge in [0.25, 0.3) is 5.91 Å². The number of likely N-dealkylation sites (tertiary alicyclic amines) is 1. The predicted molar refractivity (Wildman–Crippen MR) is 81.2 cm³/mol. The number of rotatable bonds is 4. The Balaban J connectivity index is 1.60. The summed E-state index contributed by atoms with van der Waals surface area (Å²) < 4.78 is 5.98. The zero-order chi connectivity index (χ0) is 14.1. The van der Waals surface area contributed by atoms with Crippen LogP contribution in [-0.4, -0.2) is 43.1 Å². The molecule has 1 aliphatic heterocycles. The molecule has 1 saturated heterocycles. The van der Waals surface area contributed by atoms with E-state index >= 15 is 0 Å². The van der Waals surface area contributed by atoms with Crippen LogP contribution < -0.4 is 10.1 Å². The molecule has 1 N–H and O–H groups in total. The minimum atomic E-state index is -0.00370. The highest BCUT2D eigenvalue weighted by molar-refractivity contribution is 9.10. The molecule has 1 aromatic rings. The molecule has 1 saturated carbocycles. The van der Waals surface area contributed by atoms with Crippen molar-refractivity contribution in [3.8, 4) is 5.75 Å². The van der Waals surface area contributed by atoms with Gasteiger partial charge >= 0.3 is 0 Å². The van der Waals surface area contributed by atoms with Gasteiger partial charge in [-0.05, 0) is 53.4 Å². The van der Waals surface area contributed by atoms with Crippen LogP contribution in [0.3, 0.4) is 0 Å². The number of carbonyl (C=O) groups excluding carboxylic acids is 1. The first-order chi connectivity index (χ1) is 9.67. The number of hydrogen-bond donors (Lipinski definition) is 1. The van der Waals surface area contributed by atoms with Gasteiger partial charge in [0.05, 0.1) is 11.6 Å². The third-order valence-electron chi connectivity index (χ3n) is 4.03. The van der Waals surface area contributed by atoms with Gasteiger partial charge in [0.15, 0.2) is 0 Å². The summed E-state index contributed by atoms with van der Waals surface area (Å²) in [6.07, 6.45) is 3.71. The molecule has 0 spiro atoms. The van der Waals surface area contributed by atoms with Crippen LogP contribution in [0.1, 0.15) is 29.6 Å². The zero-order valence-electron chi connectivity index (χ0n) is 11.6. The van der Waals surface area contributed by atoms with E-state index in [9.17, 15) is 4.79 Å². The second-order valence-electron chi connectivity index (χ2n) is 5.53. The smallest absolute Gasteiger partial charge is 0.251 e. The van der Waals surface area contributed by atoms with E-state index in [1.165, 1.54) is 12.8 Å². The molecule has 2 fully saturated rings. The number of methoxy groups -OCH3 is 1. The first-order valence-electron chi connectivity index (χ1n) is 7.06. The lowest BCUT2D eigenvalue weighted by atomic mass is 10.2. The first kappa shape index (κ1) is 13.9. The van der Waals surface area contributed by atoms with Crippen molar-refractivity contribution in [2.24, 2.45) is 0 Å². The summed E-state index contributed by atoms with van der Waals surface area (Å²) in [6.45, 7) is 2.11. The Kier molecular flexibility index (Phi) is 3.98. The molecule has 1 aromatic carbocycles. The van der Waals surface area contributed by atoms with Gasteiger partial charge in [-0.1, -0.05) is 0 Å². The Hall–Kier alpha value is -1.07. The van der Waals surface area contributed by atoms with Gasteiger partial charge in [0.1, 0.15) is 5.75 Å². The molecule has 0 bridgehead atoms. The molecule has 1 amide bonds. The molecule has 2 aliphatic rings. The fourth-order valence-electron chi connectivity index (χ4n) is 2.75. The molecular formula is C15H19BrN2O2. The molecule has 1 aliphatic carbocycles. The quantitative estimate of drug-likeness (QED) is 0.916. The van der Waals surface area contributed by atoms with Crippen molar-refractivity contribution >= 4 is 21.8 Å². The number of benzene rings is 1. The Morgan fingerprint density at radius 3 is 2.85 bits per heavy atom. The minimum absolute atomic E-state index is 0.00370. The van der Waals surface area contributed by atoms with Gasteiger partial charge in [-0.2, -0.15) is 0 Å². The van der Waals surface area contributed by atoms with Crippen molar-refractivity contribution in [2.45, 2.75) is 31.3 Å². The van der Waals surface area contributed by atoms with Crippen molar-refractivity contribution in [2.75, 3.05) is 20.2 Å². The van der Waals surface area contributed by atoms with E-state index in [1.807, 2.05) is 12.1 Å². The van der Waals surface area contributed by atoms with E-state index < -0.39 is 0 Å². The molecule has 1 atom stereocenters. The van der Waals surface area contributed by atoms with Crippen molar-refractivity contribution in [1.82, 2.24) is 10.2 Å². The third-order valence-corrected chi connectivity index (χ3v) is 4.65. The van der Waals surface area contributed by atoms with Gasteiger partial charge in [-0.25, -0.2) is 0 Å². The van der Waals surface area contributed by atoms with Crippen LogP contribution in [0.15, 0.2) is 22.7 Å². The Labute approximate surface area is 127 Å². The fraction of sp³-hybridized carbons (Fsp3) is 0.533. The number of nitrogens with zero attached hydrogens (tertiary/aromatic N) is 1. The van der Waals surface area contributed by atoms with E-state index in [4.69, 9.17) is 4.74 Å². The summed E-state index contributed by atoms with van der Waals surface area (Å²) in [7, 11) is 1.62. The number of ether oxygens (including phenoxy) is 1. The Morgan fingerprint density at radius 2 is 2.20 bits per heavy atom. The SMILES string of the molecule is COc1ccc(C(=O)NC2CCN(C3CC3)C2)cc1Br. The lowest BCUT2D eigenvalue weighted by Gasteiger charge is -2.16. The van der Waals surface area contributed by atoms with Gasteiger partial charge in [-0.15, -0.1) is 0 Å². The average molecular weight is 339 g/mol. The second-order valence-corrected chi connectivity index (χ2v) is 6.39. The van der Waals surface area contributed by atoms with Crippen LogP contribution in [0.4, 0.5) is 0 Å². The van der Waals surface area contributed by atoms with E-state index in [0.717, 1.165) is 35.8 Å². The van der Waals surface area contributed by atoms with Crippen LogP contribution in [0, 0.1) is 0 Å². The van der Waals surface area contributed by atoms with Crippen molar-refractivity contribution in [1.29, 1.82) is 0 Å². The molecule has 0 radical (unpaired) electrons. The average Bonchev–Trinajstić information content (AvgIpc) is 3.19. The predicted octanol–water partition coefficient (Wildman–Crippen LogP) is 2.42. The lowest BCUT2D eigenvalue weighted by Crippen LogP contribution is -2.37. The maximum atomic E-state index is 12.3. The fourth-order valence-corrected chi connectivity index (χ4v) is 3.29. The lowest BCUT2D eigenvalue weighted by molar-refractivity contribution is 0.0937. The topological polar surface area (TPSA) is 41.6 Å². The third kappa shape index (κ3) is 2.99. The standard InChI is InChI=1S/C15H19BrN2O2/c1-20-14-5-2-10(8-13(14)16)15(19)17-11-6-7-18(9-11)12-3-4-12/h2,5,8,11-12H,3-4,6-7,9H2,1H3,(H,17,19). The van der Waals surface area contributed by atoms with E-state index in [2.05, 4.69) is 26.1 Å². The van der Waals surface area contributed by atoms with E-state index in [1.54, 1.807) is 13.2 Å². The minimum Gasteiger partial charge on any atom is -0.496 e. The molecule has 0 aromatic heterocycles. The molecule has 3 rings (SSSR count). The Morgan fingerprint density at radius 1 is 1.40 bits per heavy atom. The Bertz CT molecular complexity index is 517. The molecule has 1 heterocycles. The second kappa shape index (κ2) is 5.74. The molecule has 108 valence electrons. The van der Waals surface area contributed by atoms with Gasteiger partial charge in [0, 0.05) is 30.7 Å². The highest BCUT2D eigenvalue weighted by Gasteiger charge is 2.34. The van der Waals surface area contributed by atoms with Crippen LogP contribution in [0.5, 0.6) is 5.75 Å². The van der Waals surface area contributed by atoms with Crippen LogP contribution in [-0.2, 0) is 0 Å². The number of amides is 1. The summed E-state index contributed by atoms with van der Waals surface area (Å²) in [5.41, 5.74) is 0.669. The highest BCUT2D eigenvalue weighted by atomic mass is 79.9. The molecule has 1 unspecified atom stereocenters. The summed E-state index contributed by atoms with van der Waals surface area (Å²) in [5, 5.41) is 3.13. The summed E-state index contributed by atoms with van der Waals surface area (Å²) >= 11 is 3.41. The number of hydrogen-bond acceptors (Lipinski definition) is 3.